The van der Waals surface area contributed by atoms with Gasteiger partial charge < -0.3 is 9.73 Å². The molecule has 2 aliphatic rings. The highest BCUT2D eigenvalue weighted by Gasteiger charge is 2.58. The number of rotatable bonds is 6. The lowest BCUT2D eigenvalue weighted by atomic mass is 9.54. The zero-order valence-corrected chi connectivity index (χ0v) is 22.6. The fourth-order valence-corrected chi connectivity index (χ4v) is 8.47. The molecule has 1 amide bonds. The van der Waals surface area contributed by atoms with Crippen LogP contribution in [0.2, 0.25) is 0 Å². The van der Waals surface area contributed by atoms with Gasteiger partial charge in [-0.3, -0.25) is 4.79 Å². The lowest BCUT2D eigenvalue weighted by Gasteiger charge is -2.53. The molecule has 2 atom stereocenters. The van der Waals surface area contributed by atoms with E-state index in [9.17, 15) is 18.0 Å². The minimum atomic E-state index is -3.85. The first-order valence-electron chi connectivity index (χ1n) is 12.7. The summed E-state index contributed by atoms with van der Waals surface area (Å²) < 4.78 is 64.9. The highest BCUT2D eigenvalue weighted by molar-refractivity contribution is 7.89. The number of carbonyl (C=O) groups is 1. The Morgan fingerprint density at radius 3 is 2.49 bits per heavy atom. The Labute approximate surface area is 224 Å². The highest BCUT2D eigenvalue weighted by Crippen LogP contribution is 2.54. The van der Waals surface area contributed by atoms with Gasteiger partial charge in [-0.15, -0.1) is 5.10 Å². The second-order valence-corrected chi connectivity index (χ2v) is 13.0. The van der Waals surface area contributed by atoms with E-state index in [0.29, 0.717) is 18.4 Å². The molecule has 1 saturated carbocycles. The van der Waals surface area contributed by atoms with Crippen molar-refractivity contribution >= 4 is 15.9 Å². The van der Waals surface area contributed by atoms with Gasteiger partial charge >= 0.3 is 5.76 Å². The second kappa shape index (κ2) is 9.67. The Bertz CT molecular complexity index is 1560. The number of sulfonamides is 1. The van der Waals surface area contributed by atoms with E-state index >= 15 is 8.78 Å². The Morgan fingerprint density at radius 1 is 1.18 bits per heavy atom. The Balaban J connectivity index is 1.49. The van der Waals surface area contributed by atoms with Crippen LogP contribution in [0.3, 0.4) is 0 Å². The molecule has 1 aromatic heterocycles. The smallest absolute Gasteiger partial charge is 0.391 e. The van der Waals surface area contributed by atoms with Crippen LogP contribution in [0, 0.1) is 11.6 Å². The molecule has 12 heteroatoms. The molecule has 1 saturated heterocycles. The summed E-state index contributed by atoms with van der Waals surface area (Å²) in [5, 5.41) is 8.09. The summed E-state index contributed by atoms with van der Waals surface area (Å²) in [6.07, 6.45) is 1.23. The zero-order chi connectivity index (χ0) is 28.2. The van der Waals surface area contributed by atoms with Crippen LogP contribution in [0.5, 0.6) is 0 Å². The number of nitrogens with zero attached hydrogens (tertiary/aromatic N) is 2. The van der Waals surface area contributed by atoms with Gasteiger partial charge in [0.25, 0.3) is 0 Å². The maximum Gasteiger partial charge on any atom is 0.434 e. The number of carbonyl (C=O) groups excluding carboxylic acids is 1. The van der Waals surface area contributed by atoms with Gasteiger partial charge in [0.2, 0.25) is 21.8 Å². The van der Waals surface area contributed by atoms with E-state index in [1.807, 2.05) is 0 Å². The molecule has 1 aliphatic heterocycles. The van der Waals surface area contributed by atoms with Crippen molar-refractivity contribution in [2.24, 2.45) is 0 Å². The lowest BCUT2D eigenvalue weighted by molar-refractivity contribution is -0.122. The number of aromatic amines is 1. The number of H-pyrrole nitrogens is 1. The van der Waals surface area contributed by atoms with Gasteiger partial charge in [-0.2, -0.15) is 4.31 Å². The lowest BCUT2D eigenvalue weighted by Crippen LogP contribution is -2.62. The molecule has 208 valence electrons. The Morgan fingerprint density at radius 2 is 1.87 bits per heavy atom. The van der Waals surface area contributed by atoms with Crippen molar-refractivity contribution in [3.8, 4) is 0 Å². The molecule has 0 spiro atoms. The number of hydrogen-bond donors (Lipinski definition) is 2. The first-order valence-corrected chi connectivity index (χ1v) is 14.2. The molecule has 39 heavy (non-hydrogen) atoms. The van der Waals surface area contributed by atoms with E-state index < -0.39 is 49.7 Å². The molecule has 2 unspecified atom stereocenters. The maximum absolute atomic E-state index is 15.8. The molecular weight excluding hydrogens is 530 g/mol. The van der Waals surface area contributed by atoms with E-state index in [4.69, 9.17) is 4.42 Å². The Hall–Kier alpha value is -3.38. The summed E-state index contributed by atoms with van der Waals surface area (Å²) >= 11 is 0. The summed E-state index contributed by atoms with van der Waals surface area (Å²) in [4.78, 5) is 23.4. The summed E-state index contributed by atoms with van der Waals surface area (Å²) in [5.41, 5.74) is -1.59. The zero-order valence-electron chi connectivity index (χ0n) is 21.8. The van der Waals surface area contributed by atoms with Crippen molar-refractivity contribution in [3.05, 3.63) is 87.2 Å². The van der Waals surface area contributed by atoms with Gasteiger partial charge in [0.1, 0.15) is 16.9 Å². The van der Waals surface area contributed by atoms with Crippen LogP contribution in [-0.4, -0.2) is 40.4 Å². The summed E-state index contributed by atoms with van der Waals surface area (Å²) in [6, 6.07) is 10.5. The van der Waals surface area contributed by atoms with Gasteiger partial charge in [-0.1, -0.05) is 30.3 Å². The van der Waals surface area contributed by atoms with Crippen molar-refractivity contribution in [1.29, 1.82) is 0 Å². The van der Waals surface area contributed by atoms with Crippen LogP contribution < -0.4 is 11.1 Å². The molecule has 2 fully saturated rings. The standard InChI is InChI=1S/C27H30F2N4O5S/c1-16-9-10-23(18-7-5-4-6-8-18)39(36,37)33(16)13-19-11-22(29)20(12-21(19)28)27(24-31-32-25(35)38-24)14-26(3,15-27)30-17(2)34/h4-8,11-12,16,23H,9-10,13-15H2,1-3H3,(H,30,34)(H,32,35). The van der Waals surface area contributed by atoms with Gasteiger partial charge in [-0.05, 0) is 57.2 Å². The van der Waals surface area contributed by atoms with Crippen LogP contribution in [0.15, 0.2) is 51.7 Å². The van der Waals surface area contributed by atoms with Crippen LogP contribution in [0.1, 0.15) is 74.3 Å². The van der Waals surface area contributed by atoms with E-state index in [1.54, 1.807) is 44.2 Å². The SMILES string of the molecule is CC(=O)NC1(C)CC(c2n[nH]c(=O)o2)(c2cc(F)c(CN3C(C)CCC(c4ccccc4)S3(=O)=O)cc2F)C1. The fraction of sp³-hybridized carbons (Fsp3) is 0.444. The number of nitrogens with one attached hydrogen (secondary N) is 2. The van der Waals surface area contributed by atoms with Crippen LogP contribution in [0.25, 0.3) is 0 Å². The molecule has 3 aromatic rings. The molecule has 9 nitrogen and oxygen atoms in total. The average molecular weight is 561 g/mol. The quantitative estimate of drug-likeness (QED) is 0.474. The minimum Gasteiger partial charge on any atom is -0.391 e. The largest absolute Gasteiger partial charge is 0.434 e. The number of hydrogen-bond acceptors (Lipinski definition) is 6. The molecule has 5 rings (SSSR count). The summed E-state index contributed by atoms with van der Waals surface area (Å²) in [6.45, 7) is 4.54. The topological polar surface area (TPSA) is 125 Å². The van der Waals surface area contributed by atoms with Crippen LogP contribution in [0.4, 0.5) is 8.78 Å². The normalized spacial score (nSPS) is 28.5. The first kappa shape index (κ1) is 27.2. The monoisotopic (exact) mass is 560 g/mol. The first-order chi connectivity index (χ1) is 18.3. The van der Waals surface area contributed by atoms with Crippen LogP contribution in [-0.2, 0) is 26.8 Å². The number of aromatic nitrogens is 2. The number of amides is 1. The Kier molecular flexibility index (Phi) is 6.74. The van der Waals surface area contributed by atoms with Gasteiger partial charge in [0, 0.05) is 36.2 Å². The van der Waals surface area contributed by atoms with Crippen LogP contribution >= 0.6 is 0 Å². The highest BCUT2D eigenvalue weighted by atomic mass is 32.2. The molecule has 0 bridgehead atoms. The van der Waals surface area contributed by atoms with E-state index in [-0.39, 0.29) is 42.3 Å². The predicted molar refractivity (Wildman–Crippen MR) is 138 cm³/mol. The average Bonchev–Trinajstić information content (AvgIpc) is 3.28. The van der Waals surface area contributed by atoms with E-state index in [2.05, 4.69) is 15.5 Å². The number of benzene rings is 2. The number of halogens is 2. The van der Waals surface area contributed by atoms with Gasteiger partial charge in [-0.25, -0.2) is 27.1 Å². The summed E-state index contributed by atoms with van der Waals surface area (Å²) in [5.74, 6) is -2.82. The van der Waals surface area contributed by atoms with Crippen molar-refractivity contribution in [2.75, 3.05) is 0 Å². The molecule has 2 aromatic carbocycles. The molecule has 2 N–H and O–H groups in total. The van der Waals surface area contributed by atoms with Crippen molar-refractivity contribution in [2.45, 2.75) is 75.2 Å². The molecule has 2 heterocycles. The molecular formula is C27H30F2N4O5S. The van der Waals surface area contributed by atoms with Crippen molar-refractivity contribution in [1.82, 2.24) is 19.8 Å². The fourth-order valence-electron chi connectivity index (χ4n) is 6.28. The summed E-state index contributed by atoms with van der Waals surface area (Å²) in [7, 11) is -3.85. The maximum atomic E-state index is 15.8. The van der Waals surface area contributed by atoms with Gasteiger partial charge in [0.15, 0.2) is 0 Å². The third-order valence-corrected chi connectivity index (χ3v) is 10.3. The third kappa shape index (κ3) is 4.80. The van der Waals surface area contributed by atoms with E-state index in [0.717, 1.165) is 12.1 Å². The van der Waals surface area contributed by atoms with Crippen molar-refractivity contribution in [3.63, 3.8) is 0 Å². The second-order valence-electron chi connectivity index (χ2n) is 10.9. The third-order valence-electron chi connectivity index (χ3n) is 7.88. The van der Waals surface area contributed by atoms with Crippen molar-refractivity contribution < 1.29 is 26.4 Å². The van der Waals surface area contributed by atoms with E-state index in [1.165, 1.54) is 11.2 Å². The predicted octanol–water partition coefficient (Wildman–Crippen LogP) is 3.67. The van der Waals surface area contributed by atoms with Gasteiger partial charge in [0.05, 0.1) is 5.41 Å². The molecule has 0 radical (unpaired) electrons. The minimum absolute atomic E-state index is 0.0847. The molecule has 1 aliphatic carbocycles.